The van der Waals surface area contributed by atoms with E-state index in [1.54, 1.807) is 48.8 Å². The Hall–Kier alpha value is -3.68. The van der Waals surface area contributed by atoms with Crippen LogP contribution in [0.3, 0.4) is 0 Å². The minimum Gasteiger partial charge on any atom is -0.482 e. The topological polar surface area (TPSA) is 104 Å². The number of anilines is 1. The van der Waals surface area contributed by atoms with Crippen molar-refractivity contribution in [3.05, 3.63) is 60.6 Å². The first-order chi connectivity index (χ1) is 12.7. The molecule has 1 amide bonds. The fraction of sp³-hybridized carbons (Fsp3) is 0.111. The molecule has 0 saturated carbocycles. The van der Waals surface area contributed by atoms with Crippen LogP contribution in [0, 0.1) is 0 Å². The van der Waals surface area contributed by atoms with Gasteiger partial charge in [0.15, 0.2) is 18.1 Å². The van der Waals surface area contributed by atoms with Crippen LogP contribution < -0.4 is 10.1 Å². The van der Waals surface area contributed by atoms with Crippen LogP contribution in [0.25, 0.3) is 11.3 Å². The Labute approximate surface area is 148 Å². The van der Waals surface area contributed by atoms with Gasteiger partial charge in [-0.3, -0.25) is 9.78 Å². The average molecular weight is 353 g/mol. The third-order valence-corrected chi connectivity index (χ3v) is 3.39. The van der Waals surface area contributed by atoms with Gasteiger partial charge >= 0.3 is 5.97 Å². The molecule has 2 heterocycles. The molecule has 132 valence electrons. The number of hydrogen-bond acceptors (Lipinski definition) is 7. The second kappa shape index (κ2) is 7.93. The summed E-state index contributed by atoms with van der Waals surface area (Å²) in [6, 6.07) is 11.7. The van der Waals surface area contributed by atoms with Crippen LogP contribution in [0.5, 0.6) is 5.75 Å². The molecule has 0 saturated heterocycles. The lowest BCUT2D eigenvalue weighted by molar-refractivity contribution is -0.142. The standard InChI is InChI=1S/C18H15N3O5/c1-24-17(22)11-25-14-6-4-13(5-7-14)20-18(23)15-9-16(26-21-15)12-3-2-8-19-10-12/h2-10H,11H2,1H3,(H,20,23). The van der Waals surface area contributed by atoms with Gasteiger partial charge in [-0.1, -0.05) is 5.16 Å². The predicted octanol–water partition coefficient (Wildman–Crippen LogP) is 2.54. The van der Waals surface area contributed by atoms with Crippen molar-refractivity contribution in [2.75, 3.05) is 19.0 Å². The van der Waals surface area contributed by atoms with E-state index in [4.69, 9.17) is 9.26 Å². The number of aromatic nitrogens is 2. The summed E-state index contributed by atoms with van der Waals surface area (Å²) in [4.78, 5) is 27.3. The highest BCUT2D eigenvalue weighted by molar-refractivity contribution is 6.03. The molecule has 0 atom stereocenters. The summed E-state index contributed by atoms with van der Waals surface area (Å²) in [5, 5.41) is 6.48. The van der Waals surface area contributed by atoms with E-state index < -0.39 is 11.9 Å². The van der Waals surface area contributed by atoms with E-state index in [1.165, 1.54) is 7.11 Å². The summed E-state index contributed by atoms with van der Waals surface area (Å²) in [7, 11) is 1.29. The zero-order valence-electron chi connectivity index (χ0n) is 13.8. The van der Waals surface area contributed by atoms with Crippen molar-refractivity contribution in [1.29, 1.82) is 0 Å². The van der Waals surface area contributed by atoms with Crippen molar-refractivity contribution < 1.29 is 23.6 Å². The van der Waals surface area contributed by atoms with E-state index in [9.17, 15) is 9.59 Å². The van der Waals surface area contributed by atoms with E-state index in [-0.39, 0.29) is 12.3 Å². The Bertz CT molecular complexity index is 891. The van der Waals surface area contributed by atoms with Crippen molar-refractivity contribution >= 4 is 17.6 Å². The maximum absolute atomic E-state index is 12.3. The molecule has 0 aliphatic rings. The third kappa shape index (κ3) is 4.23. The number of nitrogens with zero attached hydrogens (tertiary/aromatic N) is 2. The number of carbonyl (C=O) groups excluding carboxylic acids is 2. The van der Waals surface area contributed by atoms with Crippen LogP contribution in [-0.2, 0) is 9.53 Å². The van der Waals surface area contributed by atoms with Crippen LogP contribution in [0.2, 0.25) is 0 Å². The molecule has 1 N–H and O–H groups in total. The Balaban J connectivity index is 1.61. The number of amides is 1. The van der Waals surface area contributed by atoms with Crippen molar-refractivity contribution in [2.24, 2.45) is 0 Å². The molecule has 0 fully saturated rings. The van der Waals surface area contributed by atoms with Gasteiger partial charge in [0.25, 0.3) is 5.91 Å². The molecule has 3 aromatic rings. The van der Waals surface area contributed by atoms with E-state index in [0.29, 0.717) is 17.2 Å². The molecule has 0 aliphatic heterocycles. The minimum atomic E-state index is -0.474. The molecule has 3 rings (SSSR count). The quantitative estimate of drug-likeness (QED) is 0.679. The Morgan fingerprint density at radius 1 is 1.19 bits per heavy atom. The van der Waals surface area contributed by atoms with Gasteiger partial charge in [0, 0.05) is 29.7 Å². The number of benzene rings is 1. The molecule has 0 aliphatic carbocycles. The first kappa shape index (κ1) is 17.2. The Kier molecular flexibility index (Phi) is 5.23. The van der Waals surface area contributed by atoms with Crippen molar-refractivity contribution in [1.82, 2.24) is 10.1 Å². The number of methoxy groups -OCH3 is 1. The molecule has 1 aromatic carbocycles. The first-order valence-electron chi connectivity index (χ1n) is 7.64. The first-order valence-corrected chi connectivity index (χ1v) is 7.64. The smallest absolute Gasteiger partial charge is 0.343 e. The summed E-state index contributed by atoms with van der Waals surface area (Å²) in [6.07, 6.45) is 3.27. The van der Waals surface area contributed by atoms with E-state index >= 15 is 0 Å². The molecular formula is C18H15N3O5. The second-order valence-electron chi connectivity index (χ2n) is 5.16. The highest BCUT2D eigenvalue weighted by atomic mass is 16.6. The zero-order chi connectivity index (χ0) is 18.4. The van der Waals surface area contributed by atoms with Gasteiger partial charge in [-0.05, 0) is 36.4 Å². The molecule has 0 bridgehead atoms. The fourth-order valence-electron chi connectivity index (χ4n) is 2.06. The van der Waals surface area contributed by atoms with Gasteiger partial charge in [0.2, 0.25) is 0 Å². The monoisotopic (exact) mass is 353 g/mol. The molecule has 26 heavy (non-hydrogen) atoms. The van der Waals surface area contributed by atoms with Gasteiger partial charge in [-0.25, -0.2) is 4.79 Å². The Morgan fingerprint density at radius 3 is 2.69 bits per heavy atom. The number of carbonyl (C=O) groups is 2. The van der Waals surface area contributed by atoms with Crippen molar-refractivity contribution in [3.8, 4) is 17.1 Å². The average Bonchev–Trinajstić information content (AvgIpc) is 3.18. The summed E-state index contributed by atoms with van der Waals surface area (Å²) in [6.45, 7) is -0.182. The zero-order valence-corrected chi connectivity index (χ0v) is 13.8. The van der Waals surface area contributed by atoms with Gasteiger partial charge in [0.1, 0.15) is 5.75 Å². The lowest BCUT2D eigenvalue weighted by Crippen LogP contribution is -2.13. The van der Waals surface area contributed by atoms with Crippen LogP contribution >= 0.6 is 0 Å². The number of hydrogen-bond donors (Lipinski definition) is 1. The third-order valence-electron chi connectivity index (χ3n) is 3.39. The predicted molar refractivity (Wildman–Crippen MR) is 91.6 cm³/mol. The van der Waals surface area contributed by atoms with E-state index in [1.807, 2.05) is 6.07 Å². The highest BCUT2D eigenvalue weighted by Gasteiger charge is 2.14. The van der Waals surface area contributed by atoms with Crippen molar-refractivity contribution in [2.45, 2.75) is 0 Å². The fourth-order valence-corrected chi connectivity index (χ4v) is 2.06. The van der Waals surface area contributed by atoms with Gasteiger partial charge in [0.05, 0.1) is 7.11 Å². The lowest BCUT2D eigenvalue weighted by atomic mass is 10.2. The van der Waals surface area contributed by atoms with Crippen LogP contribution in [0.1, 0.15) is 10.5 Å². The van der Waals surface area contributed by atoms with Crippen molar-refractivity contribution in [3.63, 3.8) is 0 Å². The van der Waals surface area contributed by atoms with Gasteiger partial charge < -0.3 is 19.3 Å². The summed E-state index contributed by atoms with van der Waals surface area (Å²) < 4.78 is 14.9. The lowest BCUT2D eigenvalue weighted by Gasteiger charge is -2.06. The number of ether oxygens (including phenoxy) is 2. The molecule has 8 heteroatoms. The maximum Gasteiger partial charge on any atom is 0.343 e. The molecule has 0 radical (unpaired) electrons. The number of rotatable bonds is 6. The molecule has 2 aromatic heterocycles. The Morgan fingerprint density at radius 2 is 2.00 bits per heavy atom. The van der Waals surface area contributed by atoms with E-state index in [2.05, 4.69) is 20.2 Å². The molecule has 0 spiro atoms. The minimum absolute atomic E-state index is 0.148. The summed E-state index contributed by atoms with van der Waals surface area (Å²) in [5.41, 5.74) is 1.42. The van der Waals surface area contributed by atoms with Crippen LogP contribution in [0.15, 0.2) is 59.4 Å². The summed E-state index contributed by atoms with van der Waals surface area (Å²) >= 11 is 0. The molecular weight excluding hydrogens is 338 g/mol. The molecule has 8 nitrogen and oxygen atoms in total. The normalized spacial score (nSPS) is 10.2. The molecule has 0 unspecified atom stereocenters. The van der Waals surface area contributed by atoms with Crippen LogP contribution in [0.4, 0.5) is 5.69 Å². The van der Waals surface area contributed by atoms with Crippen LogP contribution in [-0.4, -0.2) is 35.7 Å². The number of nitrogens with one attached hydrogen (secondary N) is 1. The van der Waals surface area contributed by atoms with Gasteiger partial charge in [-0.15, -0.1) is 0 Å². The largest absolute Gasteiger partial charge is 0.482 e. The van der Waals surface area contributed by atoms with E-state index in [0.717, 1.165) is 5.56 Å². The number of pyridine rings is 1. The SMILES string of the molecule is COC(=O)COc1ccc(NC(=O)c2cc(-c3cccnc3)on2)cc1. The maximum atomic E-state index is 12.3. The van der Waals surface area contributed by atoms with Gasteiger partial charge in [-0.2, -0.15) is 0 Å². The number of esters is 1. The highest BCUT2D eigenvalue weighted by Crippen LogP contribution is 2.20. The second-order valence-corrected chi connectivity index (χ2v) is 5.16. The summed E-state index contributed by atoms with van der Waals surface area (Å²) in [5.74, 6) is 0.0495.